The van der Waals surface area contributed by atoms with E-state index in [0.29, 0.717) is 30.3 Å². The largest absolute Gasteiger partial charge is 0.494 e. The molecule has 2 fully saturated rings. The third-order valence-electron chi connectivity index (χ3n) is 9.29. The number of hydrogen-bond acceptors (Lipinski definition) is 3. The van der Waals surface area contributed by atoms with Crippen LogP contribution in [0.3, 0.4) is 0 Å². The van der Waals surface area contributed by atoms with Crippen LogP contribution in [0.5, 0.6) is 11.5 Å². The molecule has 0 radical (unpaired) electrons. The monoisotopic (exact) mass is 586 g/mol. The lowest BCUT2D eigenvalue weighted by Crippen LogP contribution is -2.34. The van der Waals surface area contributed by atoms with Crippen LogP contribution in [0.1, 0.15) is 71.6 Å². The summed E-state index contributed by atoms with van der Waals surface area (Å²) >= 11 is 0. The number of benzene rings is 2. The van der Waals surface area contributed by atoms with Crippen molar-refractivity contribution in [2.75, 3.05) is 19.8 Å². The van der Waals surface area contributed by atoms with E-state index >= 15 is 0 Å². The predicted molar refractivity (Wildman–Crippen MR) is 156 cm³/mol. The standard InChI is InChI=1S/C35H42F4O3/c1-3-5-22-8-12-27(13-9-22)41-20-23-6-10-26-19-24(7-11-25(26)18-23)21-42-31-17-15-29(33(37)35(31)39)28-14-16-30(40-4-2)34(38)32(28)36/h8,12-17,22-26H,3-7,9-11,18-21H2,1-2H3. The smallest absolute Gasteiger partial charge is 0.201 e. The number of allylic oxidation sites excluding steroid dienone is 3. The van der Waals surface area contributed by atoms with Crippen molar-refractivity contribution in [3.8, 4) is 22.6 Å². The highest BCUT2D eigenvalue weighted by Gasteiger charge is 2.36. The Kier molecular flexibility index (Phi) is 10.2. The summed E-state index contributed by atoms with van der Waals surface area (Å²) in [6.07, 6.45) is 16.8. The topological polar surface area (TPSA) is 27.7 Å². The number of fused-ring (bicyclic) bond motifs is 1. The van der Waals surface area contributed by atoms with Gasteiger partial charge in [-0.15, -0.1) is 0 Å². The Morgan fingerprint density at radius 3 is 1.79 bits per heavy atom. The van der Waals surface area contributed by atoms with Crippen molar-refractivity contribution in [1.82, 2.24) is 0 Å². The molecule has 0 spiro atoms. The summed E-state index contributed by atoms with van der Waals surface area (Å²) in [6, 6.07) is 4.92. The van der Waals surface area contributed by atoms with Gasteiger partial charge in [0.05, 0.1) is 19.8 Å². The normalized spacial score (nSPS) is 25.5. The summed E-state index contributed by atoms with van der Waals surface area (Å²) in [5.74, 6) is -1.66. The molecule has 0 heterocycles. The van der Waals surface area contributed by atoms with E-state index in [2.05, 4.69) is 25.2 Å². The molecular formula is C35H42F4O3. The Hall–Kier alpha value is -2.96. The van der Waals surface area contributed by atoms with E-state index in [4.69, 9.17) is 14.2 Å². The lowest BCUT2D eigenvalue weighted by molar-refractivity contribution is 0.0506. The van der Waals surface area contributed by atoms with Crippen LogP contribution in [0.2, 0.25) is 0 Å². The maximum Gasteiger partial charge on any atom is 0.201 e. The van der Waals surface area contributed by atoms with Crippen LogP contribution in [0, 0.1) is 52.9 Å². The average Bonchev–Trinajstić information content (AvgIpc) is 3.00. The summed E-state index contributed by atoms with van der Waals surface area (Å²) in [5.41, 5.74) is -0.734. The van der Waals surface area contributed by atoms with Gasteiger partial charge in [0.25, 0.3) is 0 Å². The first kappa shape index (κ1) is 30.5. The summed E-state index contributed by atoms with van der Waals surface area (Å²) in [4.78, 5) is 0. The van der Waals surface area contributed by atoms with Gasteiger partial charge in [-0.2, -0.15) is 8.78 Å². The van der Waals surface area contributed by atoms with Crippen molar-refractivity contribution in [2.24, 2.45) is 29.6 Å². The van der Waals surface area contributed by atoms with Gasteiger partial charge in [-0.1, -0.05) is 19.4 Å². The predicted octanol–water partition coefficient (Wildman–Crippen LogP) is 9.80. The van der Waals surface area contributed by atoms with Crippen LogP contribution in [-0.4, -0.2) is 19.8 Å². The van der Waals surface area contributed by atoms with Crippen LogP contribution in [-0.2, 0) is 4.74 Å². The molecule has 228 valence electrons. The highest BCUT2D eigenvalue weighted by molar-refractivity contribution is 5.67. The van der Waals surface area contributed by atoms with Crippen molar-refractivity contribution in [2.45, 2.75) is 71.6 Å². The number of ether oxygens (including phenoxy) is 3. The van der Waals surface area contributed by atoms with Crippen LogP contribution < -0.4 is 9.47 Å². The van der Waals surface area contributed by atoms with Crippen LogP contribution in [0.4, 0.5) is 17.6 Å². The minimum atomic E-state index is -1.28. The molecule has 2 aromatic rings. The molecular weight excluding hydrogens is 544 g/mol. The zero-order valence-corrected chi connectivity index (χ0v) is 24.7. The van der Waals surface area contributed by atoms with Gasteiger partial charge >= 0.3 is 0 Å². The zero-order chi connectivity index (χ0) is 29.6. The first-order valence-corrected chi connectivity index (χ1v) is 15.6. The molecule has 2 saturated carbocycles. The zero-order valence-electron chi connectivity index (χ0n) is 24.7. The Morgan fingerprint density at radius 1 is 0.690 bits per heavy atom. The Bertz CT molecular complexity index is 1290. The second kappa shape index (κ2) is 14.0. The molecule has 0 amide bonds. The molecule has 7 heteroatoms. The molecule has 3 aliphatic rings. The Morgan fingerprint density at radius 2 is 1.26 bits per heavy atom. The van der Waals surface area contributed by atoms with Gasteiger partial charge in [-0.05, 0) is 124 Å². The van der Waals surface area contributed by atoms with Crippen LogP contribution in [0.15, 0.2) is 48.3 Å². The fraction of sp³-hybridized carbons (Fsp3) is 0.543. The summed E-state index contributed by atoms with van der Waals surface area (Å²) in [7, 11) is 0. The van der Waals surface area contributed by atoms with Crippen LogP contribution >= 0.6 is 0 Å². The number of hydrogen-bond donors (Lipinski definition) is 0. The molecule has 0 N–H and O–H groups in total. The average molecular weight is 587 g/mol. The highest BCUT2D eigenvalue weighted by Crippen LogP contribution is 2.45. The quantitative estimate of drug-likeness (QED) is 0.245. The fourth-order valence-corrected chi connectivity index (χ4v) is 7.00. The molecule has 5 rings (SSSR count). The first-order valence-electron chi connectivity index (χ1n) is 15.6. The molecule has 0 bridgehead atoms. The molecule has 5 unspecified atom stereocenters. The SMILES string of the molecule is CCCC1C=CC(OCC2CCC3CC(COc4ccc(-c5ccc(OCC)c(F)c5F)c(F)c4F)CCC3C2)=CC1. The molecule has 2 aromatic carbocycles. The van der Waals surface area contributed by atoms with Crippen molar-refractivity contribution >= 4 is 0 Å². The molecule has 0 aliphatic heterocycles. The maximum atomic E-state index is 15.0. The molecule has 3 nitrogen and oxygen atoms in total. The molecule has 0 saturated heterocycles. The Labute approximate surface area is 246 Å². The van der Waals surface area contributed by atoms with E-state index in [1.54, 1.807) is 6.92 Å². The van der Waals surface area contributed by atoms with Gasteiger partial charge in [0, 0.05) is 11.1 Å². The highest BCUT2D eigenvalue weighted by atomic mass is 19.2. The Balaban J connectivity index is 1.11. The second-order valence-electron chi connectivity index (χ2n) is 12.2. The van der Waals surface area contributed by atoms with E-state index in [0.717, 1.165) is 50.9 Å². The first-order chi connectivity index (χ1) is 20.4. The lowest BCUT2D eigenvalue weighted by Gasteiger charge is -2.42. The third-order valence-corrected chi connectivity index (χ3v) is 9.29. The van der Waals surface area contributed by atoms with Crippen molar-refractivity contribution in [1.29, 1.82) is 0 Å². The van der Waals surface area contributed by atoms with Gasteiger partial charge in [-0.25, -0.2) is 8.78 Å². The third kappa shape index (κ3) is 6.98. The summed E-state index contributed by atoms with van der Waals surface area (Å²) < 4.78 is 75.8. The van der Waals surface area contributed by atoms with E-state index in [1.807, 2.05) is 0 Å². The lowest BCUT2D eigenvalue weighted by atomic mass is 9.65. The number of rotatable bonds is 11. The summed E-state index contributed by atoms with van der Waals surface area (Å²) in [6.45, 7) is 5.09. The van der Waals surface area contributed by atoms with Gasteiger partial charge in [-0.3, -0.25) is 0 Å². The van der Waals surface area contributed by atoms with Gasteiger partial charge < -0.3 is 14.2 Å². The molecule has 42 heavy (non-hydrogen) atoms. The molecule has 3 aliphatic carbocycles. The fourth-order valence-electron chi connectivity index (χ4n) is 7.00. The minimum Gasteiger partial charge on any atom is -0.494 e. The van der Waals surface area contributed by atoms with Crippen molar-refractivity contribution in [3.05, 3.63) is 71.5 Å². The van der Waals surface area contributed by atoms with E-state index < -0.39 is 23.3 Å². The number of halogens is 4. The molecule has 0 aromatic heterocycles. The minimum absolute atomic E-state index is 0.152. The van der Waals surface area contributed by atoms with E-state index in [-0.39, 0.29) is 35.2 Å². The van der Waals surface area contributed by atoms with E-state index in [1.165, 1.54) is 43.5 Å². The van der Waals surface area contributed by atoms with Crippen molar-refractivity contribution in [3.63, 3.8) is 0 Å². The van der Waals surface area contributed by atoms with E-state index in [9.17, 15) is 17.6 Å². The second-order valence-corrected chi connectivity index (χ2v) is 12.2. The van der Waals surface area contributed by atoms with Gasteiger partial charge in [0.2, 0.25) is 11.6 Å². The van der Waals surface area contributed by atoms with Crippen molar-refractivity contribution < 1.29 is 31.8 Å². The molecule has 5 atom stereocenters. The van der Waals surface area contributed by atoms with Gasteiger partial charge in [0.1, 0.15) is 5.76 Å². The van der Waals surface area contributed by atoms with Crippen LogP contribution in [0.25, 0.3) is 11.1 Å². The van der Waals surface area contributed by atoms with Gasteiger partial charge in [0.15, 0.2) is 23.1 Å². The maximum absolute atomic E-state index is 15.0. The summed E-state index contributed by atoms with van der Waals surface area (Å²) in [5, 5.41) is 0.